The molecule has 100 valence electrons. The highest BCUT2D eigenvalue weighted by Crippen LogP contribution is 2.25. The first-order chi connectivity index (χ1) is 9.63. The summed E-state index contributed by atoms with van der Waals surface area (Å²) in [4.78, 5) is 8.17. The van der Waals surface area contributed by atoms with Crippen LogP contribution in [0.2, 0.25) is 0 Å². The first-order valence-corrected chi connectivity index (χ1v) is 5.95. The number of pyridine rings is 1. The molecule has 0 spiro atoms. The van der Waals surface area contributed by atoms with E-state index in [1.807, 2.05) is 13.0 Å². The van der Waals surface area contributed by atoms with Crippen molar-refractivity contribution in [2.45, 2.75) is 6.92 Å². The Balaban J connectivity index is 2.01. The highest BCUT2D eigenvalue weighted by atomic mass is 19.1. The standard InChI is InChI=1S/C14H11FN4O/c1-8-2-4-10(16)6-11(8)14-18-13(19-20-14)12-5-3-9(15)7-17-12/h2-7H,16H2,1H3. The molecule has 20 heavy (non-hydrogen) atoms. The van der Waals surface area contributed by atoms with Crippen molar-refractivity contribution < 1.29 is 8.91 Å². The van der Waals surface area contributed by atoms with Crippen molar-refractivity contribution >= 4 is 5.69 Å². The van der Waals surface area contributed by atoms with Crippen LogP contribution in [0.4, 0.5) is 10.1 Å². The quantitative estimate of drug-likeness (QED) is 0.724. The Morgan fingerprint density at radius 3 is 2.80 bits per heavy atom. The van der Waals surface area contributed by atoms with Gasteiger partial charge in [0.1, 0.15) is 11.5 Å². The molecule has 0 fully saturated rings. The number of nitrogens with two attached hydrogens (primary N) is 1. The maximum atomic E-state index is 12.8. The lowest BCUT2D eigenvalue weighted by Crippen LogP contribution is -1.89. The summed E-state index contributed by atoms with van der Waals surface area (Å²) in [5, 5.41) is 3.85. The van der Waals surface area contributed by atoms with E-state index in [-0.39, 0.29) is 0 Å². The van der Waals surface area contributed by atoms with Crippen molar-refractivity contribution in [1.29, 1.82) is 0 Å². The van der Waals surface area contributed by atoms with Gasteiger partial charge in [0.15, 0.2) is 0 Å². The van der Waals surface area contributed by atoms with Gasteiger partial charge in [0.2, 0.25) is 5.82 Å². The third kappa shape index (κ3) is 2.23. The molecule has 0 atom stereocenters. The summed E-state index contributed by atoms with van der Waals surface area (Å²) < 4.78 is 18.1. The van der Waals surface area contributed by atoms with Crippen LogP contribution >= 0.6 is 0 Å². The molecule has 2 N–H and O–H groups in total. The molecule has 0 unspecified atom stereocenters. The lowest BCUT2D eigenvalue weighted by Gasteiger charge is -2.01. The van der Waals surface area contributed by atoms with Crippen LogP contribution in [0, 0.1) is 12.7 Å². The minimum Gasteiger partial charge on any atom is -0.399 e. The fourth-order valence-corrected chi connectivity index (χ4v) is 1.82. The summed E-state index contributed by atoms with van der Waals surface area (Å²) >= 11 is 0. The molecule has 0 aliphatic rings. The van der Waals surface area contributed by atoms with Gasteiger partial charge in [-0.2, -0.15) is 4.98 Å². The van der Waals surface area contributed by atoms with Crippen molar-refractivity contribution in [3.8, 4) is 23.0 Å². The number of nitrogen functional groups attached to an aromatic ring is 1. The lowest BCUT2D eigenvalue weighted by atomic mass is 10.1. The van der Waals surface area contributed by atoms with E-state index in [4.69, 9.17) is 10.3 Å². The van der Waals surface area contributed by atoms with Gasteiger partial charge in [-0.05, 0) is 36.8 Å². The summed E-state index contributed by atoms with van der Waals surface area (Å²) in [6, 6.07) is 8.24. The molecule has 0 saturated carbocycles. The lowest BCUT2D eigenvalue weighted by molar-refractivity contribution is 0.432. The second-order valence-corrected chi connectivity index (χ2v) is 4.36. The van der Waals surface area contributed by atoms with Crippen LogP contribution in [0.25, 0.3) is 23.0 Å². The Labute approximate surface area is 114 Å². The number of benzene rings is 1. The molecule has 3 rings (SSSR count). The predicted octanol–water partition coefficient (Wildman–Crippen LogP) is 2.83. The van der Waals surface area contributed by atoms with Gasteiger partial charge >= 0.3 is 0 Å². The van der Waals surface area contributed by atoms with Gasteiger partial charge in [-0.25, -0.2) is 9.37 Å². The summed E-state index contributed by atoms with van der Waals surface area (Å²) in [6.45, 7) is 1.93. The van der Waals surface area contributed by atoms with Gasteiger partial charge in [0.05, 0.1) is 6.20 Å². The number of aromatic nitrogens is 3. The van der Waals surface area contributed by atoms with Gasteiger partial charge in [-0.15, -0.1) is 0 Å². The van der Waals surface area contributed by atoms with Gasteiger partial charge in [0, 0.05) is 11.3 Å². The van der Waals surface area contributed by atoms with Gasteiger partial charge in [-0.3, -0.25) is 0 Å². The largest absolute Gasteiger partial charge is 0.399 e. The first kappa shape index (κ1) is 12.3. The Morgan fingerprint density at radius 1 is 1.20 bits per heavy atom. The molecular weight excluding hydrogens is 259 g/mol. The molecule has 0 amide bonds. The molecule has 0 saturated heterocycles. The summed E-state index contributed by atoms with van der Waals surface area (Å²) in [6.07, 6.45) is 1.11. The zero-order valence-corrected chi connectivity index (χ0v) is 10.7. The molecule has 0 radical (unpaired) electrons. The van der Waals surface area contributed by atoms with Gasteiger partial charge in [0.25, 0.3) is 5.89 Å². The minimum atomic E-state index is -0.413. The Bertz CT molecular complexity index is 752. The van der Waals surface area contributed by atoms with E-state index in [1.165, 1.54) is 12.1 Å². The molecule has 5 nitrogen and oxygen atoms in total. The summed E-state index contributed by atoms with van der Waals surface area (Å²) in [7, 11) is 0. The molecule has 1 aromatic carbocycles. The highest BCUT2D eigenvalue weighted by molar-refractivity contribution is 5.65. The predicted molar refractivity (Wildman–Crippen MR) is 72.1 cm³/mol. The van der Waals surface area contributed by atoms with Crippen LogP contribution in [0.3, 0.4) is 0 Å². The van der Waals surface area contributed by atoms with Crippen molar-refractivity contribution in [2.75, 3.05) is 5.73 Å². The van der Waals surface area contributed by atoms with E-state index in [2.05, 4.69) is 15.1 Å². The van der Waals surface area contributed by atoms with Crippen LogP contribution in [0.15, 0.2) is 41.1 Å². The fraction of sp³-hybridized carbons (Fsp3) is 0.0714. The Kier molecular flexibility index (Phi) is 2.90. The van der Waals surface area contributed by atoms with E-state index >= 15 is 0 Å². The number of halogens is 1. The molecule has 3 aromatic rings. The second-order valence-electron chi connectivity index (χ2n) is 4.36. The monoisotopic (exact) mass is 270 g/mol. The maximum Gasteiger partial charge on any atom is 0.258 e. The van der Waals surface area contributed by atoms with Crippen LogP contribution in [-0.2, 0) is 0 Å². The van der Waals surface area contributed by atoms with Gasteiger partial charge < -0.3 is 10.3 Å². The molecule has 2 heterocycles. The van der Waals surface area contributed by atoms with Crippen LogP contribution in [0.5, 0.6) is 0 Å². The third-order valence-corrected chi connectivity index (χ3v) is 2.87. The smallest absolute Gasteiger partial charge is 0.258 e. The summed E-state index contributed by atoms with van der Waals surface area (Å²) in [5.41, 5.74) is 8.56. The van der Waals surface area contributed by atoms with Crippen molar-refractivity contribution in [3.05, 3.63) is 47.9 Å². The molecule has 2 aromatic heterocycles. The average molecular weight is 270 g/mol. The van der Waals surface area contributed by atoms with E-state index < -0.39 is 5.82 Å². The molecule has 0 aliphatic carbocycles. The number of anilines is 1. The molecule has 0 bridgehead atoms. The van der Waals surface area contributed by atoms with Crippen molar-refractivity contribution in [3.63, 3.8) is 0 Å². The van der Waals surface area contributed by atoms with E-state index in [9.17, 15) is 4.39 Å². The second kappa shape index (κ2) is 4.73. The van der Waals surface area contributed by atoms with Crippen LogP contribution < -0.4 is 5.73 Å². The number of hydrogen-bond acceptors (Lipinski definition) is 5. The number of aryl methyl sites for hydroxylation is 1. The zero-order chi connectivity index (χ0) is 14.1. The SMILES string of the molecule is Cc1ccc(N)cc1-c1nc(-c2ccc(F)cn2)no1. The van der Waals surface area contributed by atoms with Crippen LogP contribution in [-0.4, -0.2) is 15.1 Å². The highest BCUT2D eigenvalue weighted by Gasteiger charge is 2.13. The molecule has 0 aliphatic heterocycles. The van der Waals surface area contributed by atoms with E-state index in [0.29, 0.717) is 23.1 Å². The summed E-state index contributed by atoms with van der Waals surface area (Å²) in [5.74, 6) is 0.252. The van der Waals surface area contributed by atoms with Gasteiger partial charge in [-0.1, -0.05) is 11.2 Å². The zero-order valence-electron chi connectivity index (χ0n) is 10.7. The van der Waals surface area contributed by atoms with Crippen molar-refractivity contribution in [2.24, 2.45) is 0 Å². The average Bonchev–Trinajstić information content (AvgIpc) is 2.92. The Morgan fingerprint density at radius 2 is 2.05 bits per heavy atom. The number of nitrogens with zero attached hydrogens (tertiary/aromatic N) is 3. The third-order valence-electron chi connectivity index (χ3n) is 2.87. The Hall–Kier alpha value is -2.76. The minimum absolute atomic E-state index is 0.307. The van der Waals surface area contributed by atoms with E-state index in [1.54, 1.807) is 12.1 Å². The van der Waals surface area contributed by atoms with E-state index in [0.717, 1.165) is 17.3 Å². The first-order valence-electron chi connectivity index (χ1n) is 5.95. The number of hydrogen-bond donors (Lipinski definition) is 1. The van der Waals surface area contributed by atoms with Crippen LogP contribution in [0.1, 0.15) is 5.56 Å². The maximum absolute atomic E-state index is 12.8. The normalized spacial score (nSPS) is 10.7. The van der Waals surface area contributed by atoms with Crippen molar-refractivity contribution in [1.82, 2.24) is 15.1 Å². The topological polar surface area (TPSA) is 77.8 Å². The molecular formula is C14H11FN4O. The fourth-order valence-electron chi connectivity index (χ4n) is 1.82. The molecule has 6 heteroatoms. The number of rotatable bonds is 2.